The first-order valence-corrected chi connectivity index (χ1v) is 7.22. The highest BCUT2D eigenvalue weighted by molar-refractivity contribution is 5.85. The van der Waals surface area contributed by atoms with E-state index in [4.69, 9.17) is 0 Å². The first kappa shape index (κ1) is 15.8. The first-order valence-electron chi connectivity index (χ1n) is 7.22. The van der Waals surface area contributed by atoms with Crippen LogP contribution in [0.3, 0.4) is 0 Å². The Morgan fingerprint density at radius 3 is 2.22 bits per heavy atom. The molecule has 0 aromatic carbocycles. The fourth-order valence-electron chi connectivity index (χ4n) is 3.04. The molecular formula is C14H27ClN2O. The minimum atomic E-state index is 0. The molecule has 2 aliphatic rings. The van der Waals surface area contributed by atoms with Gasteiger partial charge in [0.25, 0.3) is 0 Å². The van der Waals surface area contributed by atoms with E-state index >= 15 is 0 Å². The van der Waals surface area contributed by atoms with Crippen LogP contribution in [0.4, 0.5) is 0 Å². The van der Waals surface area contributed by atoms with Crippen molar-refractivity contribution in [1.29, 1.82) is 0 Å². The van der Waals surface area contributed by atoms with Crippen molar-refractivity contribution in [3.63, 3.8) is 0 Å². The van der Waals surface area contributed by atoms with E-state index in [1.165, 1.54) is 25.7 Å². The zero-order chi connectivity index (χ0) is 12.1. The fourth-order valence-corrected chi connectivity index (χ4v) is 3.04. The SMILES string of the molecule is CC1(NC(=O)C2CCCCCC2)CCNCC1.Cl. The molecule has 0 atom stereocenters. The summed E-state index contributed by atoms with van der Waals surface area (Å²) in [5.41, 5.74) is 0.0363. The number of carbonyl (C=O) groups excluding carboxylic acids is 1. The zero-order valence-corrected chi connectivity index (χ0v) is 12.3. The summed E-state index contributed by atoms with van der Waals surface area (Å²) in [6.45, 7) is 4.26. The van der Waals surface area contributed by atoms with Gasteiger partial charge in [-0.3, -0.25) is 4.79 Å². The lowest BCUT2D eigenvalue weighted by Gasteiger charge is -2.36. The molecule has 2 rings (SSSR count). The number of hydrogen-bond donors (Lipinski definition) is 2. The minimum Gasteiger partial charge on any atom is -0.351 e. The first-order chi connectivity index (χ1) is 8.20. The van der Waals surface area contributed by atoms with E-state index in [9.17, 15) is 4.79 Å². The molecule has 3 nitrogen and oxygen atoms in total. The van der Waals surface area contributed by atoms with Gasteiger partial charge in [0.2, 0.25) is 5.91 Å². The lowest BCUT2D eigenvalue weighted by atomic mass is 9.89. The second-order valence-corrected chi connectivity index (χ2v) is 5.99. The van der Waals surface area contributed by atoms with Crippen LogP contribution in [-0.4, -0.2) is 24.5 Å². The van der Waals surface area contributed by atoms with E-state index in [0.717, 1.165) is 38.8 Å². The van der Waals surface area contributed by atoms with Gasteiger partial charge in [-0.1, -0.05) is 25.7 Å². The molecule has 1 heterocycles. The molecule has 0 aromatic heterocycles. The maximum Gasteiger partial charge on any atom is 0.223 e. The second-order valence-electron chi connectivity index (χ2n) is 5.99. The second kappa shape index (κ2) is 7.34. The molecule has 0 radical (unpaired) electrons. The normalized spacial score (nSPS) is 24.7. The summed E-state index contributed by atoms with van der Waals surface area (Å²) in [7, 11) is 0. The third-order valence-electron chi connectivity index (χ3n) is 4.36. The van der Waals surface area contributed by atoms with Crippen molar-refractivity contribution in [2.45, 2.75) is 63.8 Å². The van der Waals surface area contributed by atoms with Gasteiger partial charge in [0.1, 0.15) is 0 Å². The van der Waals surface area contributed by atoms with E-state index in [1.54, 1.807) is 0 Å². The number of carbonyl (C=O) groups is 1. The molecule has 4 heteroatoms. The molecule has 1 amide bonds. The molecule has 2 fully saturated rings. The molecule has 1 aliphatic carbocycles. The van der Waals surface area contributed by atoms with Crippen LogP contribution in [-0.2, 0) is 4.79 Å². The monoisotopic (exact) mass is 274 g/mol. The fraction of sp³-hybridized carbons (Fsp3) is 0.929. The Labute approximate surface area is 117 Å². The lowest BCUT2D eigenvalue weighted by Crippen LogP contribution is -2.53. The third-order valence-corrected chi connectivity index (χ3v) is 4.36. The molecule has 1 saturated heterocycles. The van der Waals surface area contributed by atoms with Gasteiger partial charge in [0, 0.05) is 11.5 Å². The summed E-state index contributed by atoms with van der Waals surface area (Å²) >= 11 is 0. The van der Waals surface area contributed by atoms with Crippen LogP contribution >= 0.6 is 12.4 Å². The average Bonchev–Trinajstić information content (AvgIpc) is 2.57. The van der Waals surface area contributed by atoms with Crippen LogP contribution in [0.5, 0.6) is 0 Å². The standard InChI is InChI=1S/C14H26N2O.ClH/c1-14(8-10-15-11-9-14)16-13(17)12-6-4-2-3-5-7-12;/h12,15H,2-11H2,1H3,(H,16,17);1H. The number of rotatable bonds is 2. The van der Waals surface area contributed by atoms with Gasteiger partial charge in [-0.05, 0) is 45.7 Å². The number of piperidine rings is 1. The van der Waals surface area contributed by atoms with E-state index in [2.05, 4.69) is 17.6 Å². The van der Waals surface area contributed by atoms with E-state index in [0.29, 0.717) is 5.91 Å². The minimum absolute atomic E-state index is 0. The van der Waals surface area contributed by atoms with Gasteiger partial charge in [-0.2, -0.15) is 0 Å². The van der Waals surface area contributed by atoms with Crippen molar-refractivity contribution in [2.24, 2.45) is 5.92 Å². The van der Waals surface area contributed by atoms with Gasteiger partial charge in [-0.25, -0.2) is 0 Å². The predicted molar refractivity (Wildman–Crippen MR) is 77.1 cm³/mol. The highest BCUT2D eigenvalue weighted by Crippen LogP contribution is 2.25. The Morgan fingerprint density at radius 1 is 1.11 bits per heavy atom. The third kappa shape index (κ3) is 4.43. The molecule has 2 N–H and O–H groups in total. The summed E-state index contributed by atoms with van der Waals surface area (Å²) in [5, 5.41) is 6.67. The number of halogens is 1. The predicted octanol–water partition coefficient (Wildman–Crippen LogP) is 2.64. The van der Waals surface area contributed by atoms with Crippen molar-refractivity contribution in [3.05, 3.63) is 0 Å². The van der Waals surface area contributed by atoms with Crippen LogP contribution in [0.15, 0.2) is 0 Å². The van der Waals surface area contributed by atoms with Gasteiger partial charge < -0.3 is 10.6 Å². The number of hydrogen-bond acceptors (Lipinski definition) is 2. The molecule has 1 aliphatic heterocycles. The molecule has 0 unspecified atom stereocenters. The molecule has 0 aromatic rings. The van der Waals surface area contributed by atoms with Crippen molar-refractivity contribution in [1.82, 2.24) is 10.6 Å². The Hall–Kier alpha value is -0.280. The topological polar surface area (TPSA) is 41.1 Å². The summed E-state index contributed by atoms with van der Waals surface area (Å²) in [6, 6.07) is 0. The molecular weight excluding hydrogens is 248 g/mol. The van der Waals surface area contributed by atoms with E-state index in [-0.39, 0.29) is 23.9 Å². The van der Waals surface area contributed by atoms with Crippen LogP contribution < -0.4 is 10.6 Å². The van der Waals surface area contributed by atoms with Crippen molar-refractivity contribution in [2.75, 3.05) is 13.1 Å². The van der Waals surface area contributed by atoms with E-state index in [1.807, 2.05) is 0 Å². The van der Waals surface area contributed by atoms with Crippen LogP contribution in [0.25, 0.3) is 0 Å². The Bertz CT molecular complexity index is 257. The van der Waals surface area contributed by atoms with Crippen LogP contribution in [0, 0.1) is 5.92 Å². The largest absolute Gasteiger partial charge is 0.351 e. The van der Waals surface area contributed by atoms with Crippen LogP contribution in [0.1, 0.15) is 58.3 Å². The summed E-state index contributed by atoms with van der Waals surface area (Å²) in [4.78, 5) is 12.3. The van der Waals surface area contributed by atoms with Crippen molar-refractivity contribution >= 4 is 18.3 Å². The highest BCUT2D eigenvalue weighted by atomic mass is 35.5. The van der Waals surface area contributed by atoms with Gasteiger partial charge in [0.05, 0.1) is 0 Å². The van der Waals surface area contributed by atoms with Crippen LogP contribution in [0.2, 0.25) is 0 Å². The molecule has 106 valence electrons. The Kier molecular flexibility index (Phi) is 6.44. The average molecular weight is 275 g/mol. The maximum absolute atomic E-state index is 12.3. The smallest absolute Gasteiger partial charge is 0.223 e. The Morgan fingerprint density at radius 2 is 1.67 bits per heavy atom. The quantitative estimate of drug-likeness (QED) is 0.760. The zero-order valence-electron chi connectivity index (χ0n) is 11.5. The lowest BCUT2D eigenvalue weighted by molar-refractivity contribution is -0.127. The summed E-state index contributed by atoms with van der Waals surface area (Å²) < 4.78 is 0. The molecule has 1 saturated carbocycles. The molecule has 0 bridgehead atoms. The number of nitrogens with one attached hydrogen (secondary N) is 2. The molecule has 0 spiro atoms. The van der Waals surface area contributed by atoms with E-state index < -0.39 is 0 Å². The highest BCUT2D eigenvalue weighted by Gasteiger charge is 2.31. The van der Waals surface area contributed by atoms with Crippen molar-refractivity contribution < 1.29 is 4.79 Å². The van der Waals surface area contributed by atoms with Gasteiger partial charge in [-0.15, -0.1) is 12.4 Å². The van der Waals surface area contributed by atoms with Crippen molar-refractivity contribution in [3.8, 4) is 0 Å². The number of amides is 1. The molecule has 18 heavy (non-hydrogen) atoms. The Balaban J connectivity index is 0.00000162. The van der Waals surface area contributed by atoms with Gasteiger partial charge >= 0.3 is 0 Å². The van der Waals surface area contributed by atoms with Gasteiger partial charge in [0.15, 0.2) is 0 Å². The summed E-state index contributed by atoms with van der Waals surface area (Å²) in [5.74, 6) is 0.598. The maximum atomic E-state index is 12.3. The summed E-state index contributed by atoms with van der Waals surface area (Å²) in [6.07, 6.45) is 9.40.